The number of anilines is 5. The first-order valence-electron chi connectivity index (χ1n) is 26.3. The van der Waals surface area contributed by atoms with E-state index < -0.39 is 0 Å². The Labute approximate surface area is 426 Å². The summed E-state index contributed by atoms with van der Waals surface area (Å²) in [6.07, 6.45) is 11.4. The van der Waals surface area contributed by atoms with Gasteiger partial charge in [-0.05, 0) is 134 Å². The van der Waals surface area contributed by atoms with Gasteiger partial charge in [0.05, 0.1) is 22.7 Å². The molecule has 0 N–H and O–H groups in total. The Balaban J connectivity index is 1.14. The topological polar surface area (TPSA) is 33.8 Å². The van der Waals surface area contributed by atoms with Crippen molar-refractivity contribution in [1.29, 1.82) is 0 Å². The molecule has 0 fully saturated rings. The van der Waals surface area contributed by atoms with E-state index in [1.165, 1.54) is 66.8 Å². The van der Waals surface area contributed by atoms with Crippen molar-refractivity contribution >= 4 is 74.2 Å². The number of rotatable bonds is 4. The number of allylic oxidation sites excluding steroid dienone is 4. The summed E-state index contributed by atoms with van der Waals surface area (Å²) in [5, 5.41) is 2.36. The van der Waals surface area contributed by atoms with Crippen LogP contribution in [0.25, 0.3) is 33.8 Å². The third-order valence-corrected chi connectivity index (χ3v) is 16.6. The van der Waals surface area contributed by atoms with Crippen LogP contribution >= 0.6 is 0 Å². The highest BCUT2D eigenvalue weighted by molar-refractivity contribution is 6.90. The van der Waals surface area contributed by atoms with E-state index >= 15 is 0 Å². The second-order valence-corrected chi connectivity index (χ2v) is 25.4. The maximum atomic E-state index is 7.28. The number of nitrogens with zero attached hydrogens (tertiary/aromatic N) is 3. The largest absolute Gasteiger partial charge is 0.459 e. The molecule has 8 aromatic rings. The second-order valence-electron chi connectivity index (χ2n) is 25.4. The van der Waals surface area contributed by atoms with Crippen LogP contribution < -0.4 is 25.5 Å². The van der Waals surface area contributed by atoms with Crippen molar-refractivity contribution < 1.29 is 9.15 Å². The lowest BCUT2D eigenvalue weighted by Gasteiger charge is -2.45. The van der Waals surface area contributed by atoms with E-state index in [1.54, 1.807) is 0 Å². The fourth-order valence-corrected chi connectivity index (χ4v) is 12.6. The molecular weight excluding hydrogens is 878 g/mol. The number of fused-ring (bicyclic) bond motifs is 12. The standard InChI is InChI=1S/C66H66BN3O2/c1-63(2,3)39-23-29-43(30-24-39)68(44-31-25-40(26-32-44)64(4,5)6)45-37-54-59-55(38-45)70-60-49(58-48-17-13-14-22-56(48)72-62(58)70)19-15-20-51(60)67(59)50-34-28-41(65(7,8)9)35-53(50)69(54)52-21-16-18-47-46-33-27-42(66(10,11)12)36-57(46)71-61(47)52/h13-17,19,21-38,47,51H,18,20H2,1-12H3. The van der Waals surface area contributed by atoms with Gasteiger partial charge in [-0.15, -0.1) is 0 Å². The van der Waals surface area contributed by atoms with Crippen molar-refractivity contribution in [2.45, 2.75) is 129 Å². The molecule has 0 spiro atoms. The highest BCUT2D eigenvalue weighted by Gasteiger charge is 2.50. The molecule has 3 aliphatic heterocycles. The third-order valence-electron chi connectivity index (χ3n) is 16.6. The van der Waals surface area contributed by atoms with Crippen LogP contribution in [0.3, 0.4) is 0 Å². The molecule has 5 nitrogen and oxygen atoms in total. The zero-order valence-electron chi connectivity index (χ0n) is 44.2. The monoisotopic (exact) mass is 944 g/mol. The molecule has 13 rings (SSSR count). The Morgan fingerprint density at radius 1 is 0.569 bits per heavy atom. The zero-order valence-corrected chi connectivity index (χ0v) is 44.2. The molecule has 0 saturated heterocycles. The van der Waals surface area contributed by atoms with E-state index in [0.29, 0.717) is 0 Å². The lowest BCUT2D eigenvalue weighted by atomic mass is 9.29. The lowest BCUT2D eigenvalue weighted by molar-refractivity contribution is 0.417. The summed E-state index contributed by atoms with van der Waals surface area (Å²) in [5.74, 6) is 2.30. The molecule has 6 aromatic carbocycles. The molecule has 0 saturated carbocycles. The summed E-state index contributed by atoms with van der Waals surface area (Å²) in [6.45, 7) is 27.7. The number of para-hydroxylation sites is 1. The highest BCUT2D eigenvalue weighted by Crippen LogP contribution is 2.54. The van der Waals surface area contributed by atoms with Gasteiger partial charge in [0, 0.05) is 50.6 Å². The van der Waals surface area contributed by atoms with E-state index in [9.17, 15) is 0 Å². The molecule has 2 atom stereocenters. The molecule has 360 valence electrons. The number of hydrogen-bond donors (Lipinski definition) is 0. The van der Waals surface area contributed by atoms with Crippen LogP contribution in [0.15, 0.2) is 155 Å². The van der Waals surface area contributed by atoms with Crippen molar-refractivity contribution in [3.63, 3.8) is 0 Å². The predicted molar refractivity (Wildman–Crippen MR) is 303 cm³/mol. The van der Waals surface area contributed by atoms with Gasteiger partial charge in [-0.3, -0.25) is 4.57 Å². The number of furan rings is 1. The molecule has 0 radical (unpaired) electrons. The Morgan fingerprint density at radius 2 is 1.17 bits per heavy atom. The Kier molecular flexibility index (Phi) is 9.56. The van der Waals surface area contributed by atoms with Crippen LogP contribution in [0.2, 0.25) is 0 Å². The Hall–Kier alpha value is -6.92. The summed E-state index contributed by atoms with van der Waals surface area (Å²) in [4.78, 5) is 5.08. The van der Waals surface area contributed by atoms with Crippen LogP contribution in [0.5, 0.6) is 5.75 Å². The van der Waals surface area contributed by atoms with Crippen LogP contribution in [-0.2, 0) is 21.7 Å². The maximum absolute atomic E-state index is 7.28. The SMILES string of the molecule is CC(C)(C)c1ccc(N(c2ccc(C(C)(C)C)cc2)c2cc3c4c(c2)-n2c5c(c6c7ccccc7oc62)C=CCC5B4c2ccc(C(C)(C)C)cc2N3C2=C3Oc4cc(C(C)(C)C)ccc4C3CC=C2)cc1. The smallest absolute Gasteiger partial charge is 0.226 e. The minimum atomic E-state index is -0.0804. The third kappa shape index (κ3) is 6.73. The Bertz CT molecular complexity index is 3610. The molecular formula is C66H66BN3O2. The van der Waals surface area contributed by atoms with E-state index in [2.05, 4.69) is 243 Å². The summed E-state index contributed by atoms with van der Waals surface area (Å²) in [5.41, 5.74) is 21.5. The minimum Gasteiger partial charge on any atom is -0.459 e. The molecule has 5 aliphatic rings. The van der Waals surface area contributed by atoms with Crippen LogP contribution in [0.1, 0.15) is 147 Å². The zero-order chi connectivity index (χ0) is 50.0. The first-order valence-corrected chi connectivity index (χ1v) is 26.3. The molecule has 6 heteroatoms. The van der Waals surface area contributed by atoms with Crippen LogP contribution in [0, 0.1) is 0 Å². The fraction of sp³-hybridized carbons (Fsp3) is 0.303. The summed E-state index contributed by atoms with van der Waals surface area (Å²) in [7, 11) is 0. The van der Waals surface area contributed by atoms with Gasteiger partial charge in [-0.25, -0.2) is 0 Å². The summed E-state index contributed by atoms with van der Waals surface area (Å²) < 4.78 is 16.9. The minimum absolute atomic E-state index is 0.00590. The number of hydrogen-bond acceptors (Lipinski definition) is 4. The van der Waals surface area contributed by atoms with Crippen molar-refractivity contribution in [2.75, 3.05) is 9.80 Å². The summed E-state index contributed by atoms with van der Waals surface area (Å²) in [6, 6.07) is 46.4. The second kappa shape index (κ2) is 15.3. The number of benzene rings is 6. The van der Waals surface area contributed by atoms with E-state index in [4.69, 9.17) is 9.15 Å². The van der Waals surface area contributed by atoms with Crippen molar-refractivity contribution in [3.8, 4) is 11.4 Å². The van der Waals surface area contributed by atoms with Gasteiger partial charge in [0.25, 0.3) is 0 Å². The first kappa shape index (κ1) is 45.0. The highest BCUT2D eigenvalue weighted by atomic mass is 16.5. The fourth-order valence-electron chi connectivity index (χ4n) is 12.6. The lowest BCUT2D eigenvalue weighted by Crippen LogP contribution is -2.58. The number of ether oxygens (including phenoxy) is 1. The van der Waals surface area contributed by atoms with Gasteiger partial charge in [0.15, 0.2) is 0 Å². The van der Waals surface area contributed by atoms with E-state index in [1.807, 2.05) is 0 Å². The molecule has 2 aliphatic carbocycles. The normalized spacial score (nSPS) is 17.8. The van der Waals surface area contributed by atoms with Gasteiger partial charge < -0.3 is 19.0 Å². The number of aromatic nitrogens is 1. The van der Waals surface area contributed by atoms with Gasteiger partial charge in [0.2, 0.25) is 12.4 Å². The Morgan fingerprint density at radius 3 is 1.83 bits per heavy atom. The molecule has 5 heterocycles. The molecule has 2 unspecified atom stereocenters. The predicted octanol–water partition coefficient (Wildman–Crippen LogP) is 16.5. The van der Waals surface area contributed by atoms with Crippen LogP contribution in [0.4, 0.5) is 28.4 Å². The maximum Gasteiger partial charge on any atom is 0.226 e. The van der Waals surface area contributed by atoms with Crippen molar-refractivity contribution in [2.24, 2.45) is 0 Å². The average Bonchev–Trinajstić information content (AvgIpc) is 4.01. The van der Waals surface area contributed by atoms with Gasteiger partial charge in [-0.1, -0.05) is 168 Å². The molecule has 0 bridgehead atoms. The van der Waals surface area contributed by atoms with Gasteiger partial charge >= 0.3 is 0 Å². The van der Waals surface area contributed by atoms with Crippen LogP contribution in [-0.4, -0.2) is 11.3 Å². The average molecular weight is 944 g/mol. The summed E-state index contributed by atoms with van der Waals surface area (Å²) >= 11 is 0. The van der Waals surface area contributed by atoms with Crippen molar-refractivity contribution in [3.05, 3.63) is 190 Å². The molecule has 0 amide bonds. The van der Waals surface area contributed by atoms with E-state index in [0.717, 1.165) is 69.5 Å². The van der Waals surface area contributed by atoms with Gasteiger partial charge in [0.1, 0.15) is 17.1 Å². The van der Waals surface area contributed by atoms with Crippen molar-refractivity contribution in [1.82, 2.24) is 4.57 Å². The first-order chi connectivity index (χ1) is 34.2. The molecule has 72 heavy (non-hydrogen) atoms. The van der Waals surface area contributed by atoms with E-state index in [-0.39, 0.29) is 40.1 Å². The molecule has 2 aromatic heterocycles. The quantitative estimate of drug-likeness (QED) is 0.165. The van der Waals surface area contributed by atoms with Gasteiger partial charge in [-0.2, -0.15) is 0 Å².